The fourth-order valence-electron chi connectivity index (χ4n) is 3.57. The molecule has 3 aromatic rings. The van der Waals surface area contributed by atoms with Gasteiger partial charge in [0.05, 0.1) is 5.92 Å². The van der Waals surface area contributed by atoms with Gasteiger partial charge < -0.3 is 9.42 Å². The van der Waals surface area contributed by atoms with Crippen LogP contribution in [-0.4, -0.2) is 22.6 Å². The predicted octanol–water partition coefficient (Wildman–Crippen LogP) is 4.94. The first-order valence-corrected chi connectivity index (χ1v) is 9.88. The van der Waals surface area contributed by atoms with Crippen LogP contribution in [0.4, 0.5) is 5.69 Å². The van der Waals surface area contributed by atoms with Crippen LogP contribution in [0, 0.1) is 0 Å². The van der Waals surface area contributed by atoms with Crippen LogP contribution in [0.15, 0.2) is 53.1 Å². The average molecular weight is 375 g/mol. The molecule has 0 aliphatic carbocycles. The van der Waals surface area contributed by atoms with Crippen LogP contribution in [0.25, 0.3) is 11.4 Å². The molecule has 1 aromatic heterocycles. The van der Waals surface area contributed by atoms with Crippen LogP contribution in [0.5, 0.6) is 0 Å². The Kier molecular flexibility index (Phi) is 4.99. The Morgan fingerprint density at radius 2 is 1.82 bits per heavy atom. The summed E-state index contributed by atoms with van der Waals surface area (Å²) in [5.41, 5.74) is 4.39. The van der Waals surface area contributed by atoms with Crippen molar-refractivity contribution < 1.29 is 9.32 Å². The molecule has 1 atom stereocenters. The molecule has 2 heterocycles. The summed E-state index contributed by atoms with van der Waals surface area (Å²) in [5, 5.41) is 4.12. The molecule has 28 heavy (non-hydrogen) atoms. The highest BCUT2D eigenvalue weighted by Gasteiger charge is 2.35. The van der Waals surface area contributed by atoms with Gasteiger partial charge in [0, 0.05) is 24.2 Å². The van der Waals surface area contributed by atoms with Gasteiger partial charge in [-0.05, 0) is 35.6 Å². The first-order valence-electron chi connectivity index (χ1n) is 9.88. The number of hydrogen-bond donors (Lipinski definition) is 0. The molecule has 1 fully saturated rings. The van der Waals surface area contributed by atoms with Gasteiger partial charge in [-0.15, -0.1) is 0 Å². The molecule has 0 spiro atoms. The van der Waals surface area contributed by atoms with Gasteiger partial charge in [0.25, 0.3) is 0 Å². The average Bonchev–Trinajstić information content (AvgIpc) is 3.35. The van der Waals surface area contributed by atoms with Crippen LogP contribution in [-0.2, 0) is 11.2 Å². The van der Waals surface area contributed by atoms with Gasteiger partial charge in [-0.25, -0.2) is 0 Å². The summed E-state index contributed by atoms with van der Waals surface area (Å²) in [6.45, 7) is 7.01. The van der Waals surface area contributed by atoms with E-state index in [0.717, 1.165) is 17.7 Å². The van der Waals surface area contributed by atoms with Crippen molar-refractivity contribution in [3.05, 3.63) is 65.5 Å². The van der Waals surface area contributed by atoms with Gasteiger partial charge in [0.2, 0.25) is 17.6 Å². The van der Waals surface area contributed by atoms with Crippen LogP contribution in [0.3, 0.4) is 0 Å². The van der Waals surface area contributed by atoms with Crippen molar-refractivity contribution in [2.75, 3.05) is 11.4 Å². The second kappa shape index (κ2) is 7.58. The minimum Gasteiger partial charge on any atom is -0.339 e. The Hall–Kier alpha value is -2.95. The van der Waals surface area contributed by atoms with Gasteiger partial charge in [-0.2, -0.15) is 4.98 Å². The van der Waals surface area contributed by atoms with E-state index in [1.807, 2.05) is 29.2 Å². The standard InChI is InChI=1S/C23H25N3O2/c1-4-16-5-7-18(8-6-16)22-24-23(28-25-22)19-13-21(27)26(14-19)20-11-9-17(10-12-20)15(2)3/h5-12,15,19H,4,13-14H2,1-3H3. The lowest BCUT2D eigenvalue weighted by atomic mass is 10.0. The molecule has 1 aliphatic rings. The first-order chi connectivity index (χ1) is 13.5. The molecule has 0 saturated carbocycles. The van der Waals surface area contributed by atoms with Gasteiger partial charge in [0.1, 0.15) is 0 Å². The number of anilines is 1. The highest BCUT2D eigenvalue weighted by molar-refractivity contribution is 5.96. The largest absolute Gasteiger partial charge is 0.339 e. The molecular weight excluding hydrogens is 350 g/mol. The molecule has 1 saturated heterocycles. The summed E-state index contributed by atoms with van der Waals surface area (Å²) < 4.78 is 5.50. The van der Waals surface area contributed by atoms with E-state index in [1.54, 1.807) is 0 Å². The molecule has 144 valence electrons. The zero-order valence-corrected chi connectivity index (χ0v) is 16.6. The Labute approximate surface area is 165 Å². The monoisotopic (exact) mass is 375 g/mol. The predicted molar refractivity (Wildman–Crippen MR) is 109 cm³/mol. The van der Waals surface area contributed by atoms with E-state index < -0.39 is 0 Å². The SMILES string of the molecule is CCc1ccc(-c2noc(C3CC(=O)N(c4ccc(C(C)C)cc4)C3)n2)cc1. The summed E-state index contributed by atoms with van der Waals surface area (Å²) in [6.07, 6.45) is 1.39. The maximum absolute atomic E-state index is 12.6. The maximum atomic E-state index is 12.6. The number of rotatable bonds is 5. The Morgan fingerprint density at radius 1 is 1.11 bits per heavy atom. The van der Waals surface area contributed by atoms with Crippen molar-refractivity contribution >= 4 is 11.6 Å². The first kappa shape index (κ1) is 18.4. The number of nitrogens with zero attached hydrogens (tertiary/aromatic N) is 3. The van der Waals surface area contributed by atoms with Crippen molar-refractivity contribution in [2.45, 2.75) is 45.4 Å². The summed E-state index contributed by atoms with van der Waals surface area (Å²) >= 11 is 0. The number of aryl methyl sites for hydroxylation is 1. The minimum absolute atomic E-state index is 0.0755. The van der Waals surface area contributed by atoms with Crippen LogP contribution < -0.4 is 4.90 Å². The second-order valence-electron chi connectivity index (χ2n) is 7.66. The fraction of sp³-hybridized carbons (Fsp3) is 0.348. The highest BCUT2D eigenvalue weighted by Crippen LogP contribution is 2.32. The molecule has 1 amide bonds. The van der Waals surface area contributed by atoms with Gasteiger partial charge >= 0.3 is 0 Å². The number of aromatic nitrogens is 2. The molecular formula is C23H25N3O2. The number of hydrogen-bond acceptors (Lipinski definition) is 4. The molecule has 1 unspecified atom stereocenters. The van der Waals surface area contributed by atoms with Crippen LogP contribution >= 0.6 is 0 Å². The zero-order chi connectivity index (χ0) is 19.7. The van der Waals surface area contributed by atoms with E-state index in [2.05, 4.69) is 55.2 Å². The number of carbonyl (C=O) groups excluding carboxylic acids is 1. The fourth-order valence-corrected chi connectivity index (χ4v) is 3.57. The van der Waals surface area contributed by atoms with Crippen molar-refractivity contribution in [2.24, 2.45) is 0 Å². The summed E-state index contributed by atoms with van der Waals surface area (Å²) in [7, 11) is 0. The van der Waals surface area contributed by atoms with Gasteiger partial charge in [0.15, 0.2) is 0 Å². The summed E-state index contributed by atoms with van der Waals surface area (Å²) in [4.78, 5) is 18.9. The molecule has 0 radical (unpaired) electrons. The molecule has 0 bridgehead atoms. The third kappa shape index (κ3) is 3.57. The van der Waals surface area contributed by atoms with E-state index in [4.69, 9.17) is 4.52 Å². The summed E-state index contributed by atoms with van der Waals surface area (Å²) in [6, 6.07) is 16.4. The second-order valence-corrected chi connectivity index (χ2v) is 7.66. The van der Waals surface area contributed by atoms with Crippen molar-refractivity contribution in [1.29, 1.82) is 0 Å². The quantitative estimate of drug-likeness (QED) is 0.633. The van der Waals surface area contributed by atoms with Gasteiger partial charge in [-0.1, -0.05) is 62.3 Å². The normalized spacial score (nSPS) is 16.9. The Balaban J connectivity index is 1.50. The van der Waals surface area contributed by atoms with Crippen molar-refractivity contribution in [3.63, 3.8) is 0 Å². The lowest BCUT2D eigenvalue weighted by Crippen LogP contribution is -2.24. The van der Waals surface area contributed by atoms with Crippen LogP contribution in [0.1, 0.15) is 56.0 Å². The zero-order valence-electron chi connectivity index (χ0n) is 16.6. The van der Waals surface area contributed by atoms with E-state index in [0.29, 0.717) is 30.6 Å². The van der Waals surface area contributed by atoms with E-state index in [9.17, 15) is 4.79 Å². The minimum atomic E-state index is -0.0755. The number of amides is 1. The van der Waals surface area contributed by atoms with E-state index in [-0.39, 0.29) is 11.8 Å². The van der Waals surface area contributed by atoms with Crippen LogP contribution in [0.2, 0.25) is 0 Å². The highest BCUT2D eigenvalue weighted by atomic mass is 16.5. The lowest BCUT2D eigenvalue weighted by Gasteiger charge is -2.17. The Bertz CT molecular complexity index is 958. The lowest BCUT2D eigenvalue weighted by molar-refractivity contribution is -0.117. The topological polar surface area (TPSA) is 59.2 Å². The van der Waals surface area contributed by atoms with Gasteiger partial charge in [-0.3, -0.25) is 4.79 Å². The number of carbonyl (C=O) groups is 1. The third-order valence-corrected chi connectivity index (χ3v) is 5.41. The Morgan fingerprint density at radius 3 is 2.46 bits per heavy atom. The maximum Gasteiger partial charge on any atom is 0.232 e. The van der Waals surface area contributed by atoms with E-state index in [1.165, 1.54) is 11.1 Å². The molecule has 0 N–H and O–H groups in total. The van der Waals surface area contributed by atoms with E-state index >= 15 is 0 Å². The molecule has 2 aromatic carbocycles. The van der Waals surface area contributed by atoms with Crippen molar-refractivity contribution in [1.82, 2.24) is 10.1 Å². The molecule has 4 rings (SSSR count). The summed E-state index contributed by atoms with van der Waals surface area (Å²) in [5.74, 6) is 1.59. The molecule has 5 heteroatoms. The molecule has 1 aliphatic heterocycles. The van der Waals surface area contributed by atoms with Crippen molar-refractivity contribution in [3.8, 4) is 11.4 Å². The smallest absolute Gasteiger partial charge is 0.232 e. The third-order valence-electron chi connectivity index (χ3n) is 5.41. The number of benzene rings is 2. The molecule has 5 nitrogen and oxygen atoms in total.